The lowest BCUT2D eigenvalue weighted by Crippen LogP contribution is -3.15. The molecule has 0 aromatic heterocycles. The number of hydrogen-bond donors (Lipinski definition) is 2. The van der Waals surface area contributed by atoms with Gasteiger partial charge in [-0.1, -0.05) is 18.2 Å². The Morgan fingerprint density at radius 2 is 1.86 bits per heavy atom. The maximum Gasteiger partial charge on any atom is 0.275 e. The third-order valence-electron chi connectivity index (χ3n) is 5.63. The highest BCUT2D eigenvalue weighted by atomic mass is 16.5. The van der Waals surface area contributed by atoms with Crippen LogP contribution in [-0.4, -0.2) is 62.6 Å². The second-order valence-corrected chi connectivity index (χ2v) is 7.90. The van der Waals surface area contributed by atoms with Crippen molar-refractivity contribution >= 4 is 28.7 Å². The van der Waals surface area contributed by atoms with Crippen molar-refractivity contribution in [3.8, 4) is 5.75 Å². The van der Waals surface area contributed by atoms with Crippen molar-refractivity contribution in [2.45, 2.75) is 18.9 Å². The molecule has 6 nitrogen and oxygen atoms in total. The van der Waals surface area contributed by atoms with Crippen LogP contribution in [-0.2, 0) is 9.59 Å². The number of ether oxygens (including phenoxy) is 1. The Bertz CT molecular complexity index is 928. The van der Waals surface area contributed by atoms with Gasteiger partial charge in [-0.15, -0.1) is 0 Å². The van der Waals surface area contributed by atoms with E-state index >= 15 is 0 Å². The summed E-state index contributed by atoms with van der Waals surface area (Å²) >= 11 is 0. The first kappa shape index (κ1) is 19.5. The number of carbonyl (C=O) groups excluding carboxylic acids is 2. The van der Waals surface area contributed by atoms with Gasteiger partial charge in [0.25, 0.3) is 5.91 Å². The molecule has 0 bridgehead atoms. The van der Waals surface area contributed by atoms with Crippen LogP contribution in [0.25, 0.3) is 16.8 Å². The van der Waals surface area contributed by atoms with Gasteiger partial charge in [0.15, 0.2) is 6.54 Å². The number of amides is 2. The Morgan fingerprint density at radius 3 is 2.59 bits per heavy atom. The second-order valence-electron chi connectivity index (χ2n) is 7.90. The van der Waals surface area contributed by atoms with E-state index in [4.69, 9.17) is 4.74 Å². The molecule has 2 amide bonds. The maximum absolute atomic E-state index is 12.5. The lowest BCUT2D eigenvalue weighted by atomic mass is 10.1. The molecule has 1 heterocycles. The topological polar surface area (TPSA) is 63.1 Å². The molecule has 1 saturated heterocycles. The van der Waals surface area contributed by atoms with Crippen molar-refractivity contribution in [1.29, 1.82) is 0 Å². The summed E-state index contributed by atoms with van der Waals surface area (Å²) in [6, 6.07) is 12.5. The summed E-state index contributed by atoms with van der Waals surface area (Å²) in [5, 5.41) is 5.26. The third-order valence-corrected chi connectivity index (χ3v) is 5.63. The Balaban J connectivity index is 1.29. The first-order chi connectivity index (χ1) is 14.1. The Kier molecular flexibility index (Phi) is 5.81. The zero-order valence-corrected chi connectivity index (χ0v) is 16.8. The number of methoxy groups -OCH3 is 1. The summed E-state index contributed by atoms with van der Waals surface area (Å²) in [5.74, 6) is 1.000. The van der Waals surface area contributed by atoms with Gasteiger partial charge in [-0.3, -0.25) is 9.59 Å². The van der Waals surface area contributed by atoms with Crippen LogP contribution in [0.3, 0.4) is 0 Å². The normalized spacial score (nSPS) is 17.6. The Labute approximate surface area is 171 Å². The number of piperazine rings is 1. The van der Waals surface area contributed by atoms with Crippen molar-refractivity contribution in [1.82, 2.24) is 10.2 Å². The Hall–Kier alpha value is -2.86. The van der Waals surface area contributed by atoms with Gasteiger partial charge in [0.05, 0.1) is 33.3 Å². The number of quaternary nitrogens is 1. The van der Waals surface area contributed by atoms with E-state index in [2.05, 4.69) is 11.4 Å². The Morgan fingerprint density at radius 1 is 1.14 bits per heavy atom. The molecule has 2 aromatic carbocycles. The van der Waals surface area contributed by atoms with E-state index in [1.165, 1.54) is 4.90 Å². The SMILES string of the molecule is COc1ccc2cc(/C=C/C(=O)N3CC[NH+](CC(=O)NC4CC4)CC3)ccc2c1. The minimum Gasteiger partial charge on any atom is -0.497 e. The molecule has 1 aliphatic heterocycles. The van der Waals surface area contributed by atoms with E-state index in [0.29, 0.717) is 25.7 Å². The van der Waals surface area contributed by atoms with Crippen molar-refractivity contribution in [2.75, 3.05) is 39.8 Å². The molecule has 29 heavy (non-hydrogen) atoms. The highest BCUT2D eigenvalue weighted by Gasteiger charge is 2.27. The molecule has 2 aliphatic rings. The standard InChI is InChI=1S/C23H27N3O3/c1-29-21-8-5-18-14-17(2-4-19(18)15-21)3-9-23(28)26-12-10-25(11-13-26)16-22(27)24-20-6-7-20/h2-5,8-9,14-15,20H,6-7,10-13,16H2,1H3,(H,24,27)/p+1/b9-3+. The predicted octanol–water partition coefficient (Wildman–Crippen LogP) is 0.867. The van der Waals surface area contributed by atoms with Gasteiger partial charge >= 0.3 is 0 Å². The fourth-order valence-electron chi connectivity index (χ4n) is 3.70. The van der Waals surface area contributed by atoms with E-state index in [-0.39, 0.29) is 11.8 Å². The average Bonchev–Trinajstić information content (AvgIpc) is 3.55. The number of nitrogens with zero attached hydrogens (tertiary/aromatic N) is 1. The molecule has 2 N–H and O–H groups in total. The van der Waals surface area contributed by atoms with Crippen LogP contribution >= 0.6 is 0 Å². The molecule has 152 valence electrons. The summed E-state index contributed by atoms with van der Waals surface area (Å²) in [6.07, 6.45) is 5.74. The molecule has 0 unspecified atom stereocenters. The van der Waals surface area contributed by atoms with Crippen LogP contribution < -0.4 is 15.0 Å². The highest BCUT2D eigenvalue weighted by molar-refractivity contribution is 5.93. The number of nitrogens with one attached hydrogen (secondary N) is 2. The number of rotatable bonds is 6. The molecule has 4 rings (SSSR count). The van der Waals surface area contributed by atoms with Crippen molar-refractivity contribution in [2.24, 2.45) is 0 Å². The molecule has 6 heteroatoms. The maximum atomic E-state index is 12.5. The van der Waals surface area contributed by atoms with Crippen molar-refractivity contribution in [3.05, 3.63) is 48.0 Å². The van der Waals surface area contributed by atoms with Gasteiger partial charge in [0.1, 0.15) is 5.75 Å². The largest absolute Gasteiger partial charge is 0.497 e. The van der Waals surface area contributed by atoms with Gasteiger partial charge in [0, 0.05) is 12.1 Å². The molecule has 1 aliphatic carbocycles. The quantitative estimate of drug-likeness (QED) is 0.715. The fourth-order valence-corrected chi connectivity index (χ4v) is 3.70. The van der Waals surface area contributed by atoms with E-state index < -0.39 is 0 Å². The minimum absolute atomic E-state index is 0.0290. The zero-order chi connectivity index (χ0) is 20.2. The molecule has 0 radical (unpaired) electrons. The smallest absolute Gasteiger partial charge is 0.275 e. The van der Waals surface area contributed by atoms with Gasteiger partial charge in [0.2, 0.25) is 5.91 Å². The molecule has 2 aromatic rings. The average molecular weight is 394 g/mol. The van der Waals surface area contributed by atoms with Crippen LogP contribution in [0.2, 0.25) is 0 Å². The second kappa shape index (κ2) is 8.66. The first-order valence-electron chi connectivity index (χ1n) is 10.3. The van der Waals surface area contributed by atoms with Crippen LogP contribution in [0.4, 0.5) is 0 Å². The zero-order valence-electron chi connectivity index (χ0n) is 16.8. The van der Waals surface area contributed by atoms with E-state index in [0.717, 1.165) is 48.0 Å². The number of hydrogen-bond acceptors (Lipinski definition) is 3. The van der Waals surface area contributed by atoms with Gasteiger partial charge in [-0.25, -0.2) is 0 Å². The summed E-state index contributed by atoms with van der Waals surface area (Å²) in [7, 11) is 1.66. The van der Waals surface area contributed by atoms with Crippen molar-refractivity contribution < 1.29 is 19.2 Å². The van der Waals surface area contributed by atoms with Crippen LogP contribution in [0.15, 0.2) is 42.5 Å². The van der Waals surface area contributed by atoms with E-state index in [1.54, 1.807) is 13.2 Å². The van der Waals surface area contributed by atoms with E-state index in [1.807, 2.05) is 41.3 Å². The molecule has 0 atom stereocenters. The predicted molar refractivity (Wildman–Crippen MR) is 113 cm³/mol. The van der Waals surface area contributed by atoms with Crippen LogP contribution in [0, 0.1) is 0 Å². The highest BCUT2D eigenvalue weighted by Crippen LogP contribution is 2.22. The lowest BCUT2D eigenvalue weighted by Gasteiger charge is -2.31. The molecule has 2 fully saturated rings. The summed E-state index contributed by atoms with van der Waals surface area (Å²) in [6.45, 7) is 3.51. The fraction of sp³-hybridized carbons (Fsp3) is 0.391. The summed E-state index contributed by atoms with van der Waals surface area (Å²) in [5.41, 5.74) is 0.997. The third kappa shape index (κ3) is 5.15. The van der Waals surface area contributed by atoms with E-state index in [9.17, 15) is 9.59 Å². The van der Waals surface area contributed by atoms with Crippen molar-refractivity contribution in [3.63, 3.8) is 0 Å². The molecule has 0 spiro atoms. The monoisotopic (exact) mass is 394 g/mol. The van der Waals surface area contributed by atoms with Gasteiger partial charge in [-0.2, -0.15) is 0 Å². The molecular formula is C23H28N3O3+. The van der Waals surface area contributed by atoms with Crippen LogP contribution in [0.5, 0.6) is 5.75 Å². The minimum atomic E-state index is 0.0290. The molecular weight excluding hydrogens is 366 g/mol. The summed E-state index contributed by atoms with van der Waals surface area (Å²) < 4.78 is 5.26. The van der Waals surface area contributed by atoms with Crippen LogP contribution in [0.1, 0.15) is 18.4 Å². The first-order valence-corrected chi connectivity index (χ1v) is 10.3. The number of fused-ring (bicyclic) bond motifs is 1. The van der Waals surface area contributed by atoms with Gasteiger partial charge < -0.3 is 19.9 Å². The molecule has 1 saturated carbocycles. The number of benzene rings is 2. The van der Waals surface area contributed by atoms with Gasteiger partial charge in [-0.05, 0) is 53.5 Å². The number of carbonyl (C=O) groups is 2. The lowest BCUT2D eigenvalue weighted by molar-refractivity contribution is -0.896. The summed E-state index contributed by atoms with van der Waals surface area (Å²) in [4.78, 5) is 27.6.